The number of hydrogen-bond donors (Lipinski definition) is 2. The number of carbonyl (C=O) groups is 2. The summed E-state index contributed by atoms with van der Waals surface area (Å²) in [7, 11) is 3.22. The van der Waals surface area contributed by atoms with Crippen molar-refractivity contribution in [2.24, 2.45) is 11.7 Å². The van der Waals surface area contributed by atoms with Crippen LogP contribution in [0.4, 0.5) is 0 Å². The van der Waals surface area contributed by atoms with Gasteiger partial charge in [0.25, 0.3) is 11.5 Å². The Morgan fingerprint density at radius 2 is 2.04 bits per heavy atom. The SMILES string of the molecule is CC(C)Cn1c(O)c(C(N)=O)c(=O)n2nc(C=CC(=O)N(C)C)cc12. The summed E-state index contributed by atoms with van der Waals surface area (Å²) < 4.78 is 2.41. The average molecular weight is 347 g/mol. The van der Waals surface area contributed by atoms with Gasteiger partial charge in [0.1, 0.15) is 5.65 Å². The van der Waals surface area contributed by atoms with Gasteiger partial charge < -0.3 is 15.7 Å². The number of carbonyl (C=O) groups excluding carboxylic acids is 2. The fraction of sp³-hybridized carbons (Fsp3) is 0.375. The van der Waals surface area contributed by atoms with E-state index in [0.29, 0.717) is 17.9 Å². The summed E-state index contributed by atoms with van der Waals surface area (Å²) in [4.78, 5) is 37.0. The Labute approximate surface area is 144 Å². The van der Waals surface area contributed by atoms with Crippen LogP contribution in [0, 0.1) is 5.92 Å². The summed E-state index contributed by atoms with van der Waals surface area (Å²) in [6.45, 7) is 4.19. The lowest BCUT2D eigenvalue weighted by atomic mass is 10.2. The molecular weight excluding hydrogens is 326 g/mol. The third kappa shape index (κ3) is 3.54. The molecule has 0 saturated heterocycles. The number of aromatic nitrogens is 3. The summed E-state index contributed by atoms with van der Waals surface area (Å²) in [6, 6.07) is 1.55. The first kappa shape index (κ1) is 18.2. The lowest BCUT2D eigenvalue weighted by Crippen LogP contribution is -2.30. The maximum absolute atomic E-state index is 12.4. The van der Waals surface area contributed by atoms with E-state index in [2.05, 4.69) is 5.10 Å². The molecule has 0 fully saturated rings. The predicted molar refractivity (Wildman–Crippen MR) is 92.2 cm³/mol. The molecule has 9 heteroatoms. The number of likely N-dealkylation sites (N-methyl/N-ethyl adjacent to an activating group) is 1. The lowest BCUT2D eigenvalue weighted by molar-refractivity contribution is -0.123. The van der Waals surface area contributed by atoms with Crippen molar-refractivity contribution in [1.82, 2.24) is 19.1 Å². The van der Waals surface area contributed by atoms with Crippen LogP contribution in [0.2, 0.25) is 0 Å². The Bertz CT molecular complexity index is 921. The molecular formula is C16H21N5O4. The maximum Gasteiger partial charge on any atom is 0.291 e. The minimum atomic E-state index is -1.03. The van der Waals surface area contributed by atoms with Crippen LogP contribution in [0.5, 0.6) is 5.88 Å². The van der Waals surface area contributed by atoms with Gasteiger partial charge in [0.05, 0.1) is 5.69 Å². The largest absolute Gasteiger partial charge is 0.494 e. The molecule has 2 aromatic heterocycles. The Kier molecular flexibility index (Phi) is 4.96. The second kappa shape index (κ2) is 6.80. The van der Waals surface area contributed by atoms with Crippen molar-refractivity contribution in [3.8, 4) is 5.88 Å². The van der Waals surface area contributed by atoms with Gasteiger partial charge in [0.2, 0.25) is 11.8 Å². The lowest BCUT2D eigenvalue weighted by Gasteiger charge is -2.15. The Balaban J connectivity index is 2.70. The molecule has 0 bridgehead atoms. The van der Waals surface area contributed by atoms with E-state index in [9.17, 15) is 19.5 Å². The van der Waals surface area contributed by atoms with Crippen molar-refractivity contribution in [2.45, 2.75) is 20.4 Å². The monoisotopic (exact) mass is 347 g/mol. The number of nitrogens with zero attached hydrogens (tertiary/aromatic N) is 4. The molecule has 134 valence electrons. The summed E-state index contributed by atoms with van der Waals surface area (Å²) in [6.07, 6.45) is 2.77. The van der Waals surface area contributed by atoms with Crippen LogP contribution in [0.1, 0.15) is 29.9 Å². The van der Waals surface area contributed by atoms with Gasteiger partial charge in [-0.3, -0.25) is 19.0 Å². The van der Waals surface area contributed by atoms with E-state index in [-0.39, 0.29) is 11.8 Å². The highest BCUT2D eigenvalue weighted by atomic mass is 16.3. The molecule has 2 amide bonds. The van der Waals surface area contributed by atoms with Crippen LogP contribution in [0.3, 0.4) is 0 Å². The molecule has 0 aliphatic heterocycles. The highest BCUT2D eigenvalue weighted by Crippen LogP contribution is 2.20. The van der Waals surface area contributed by atoms with E-state index in [1.54, 1.807) is 20.2 Å². The molecule has 25 heavy (non-hydrogen) atoms. The smallest absolute Gasteiger partial charge is 0.291 e. The Morgan fingerprint density at radius 3 is 2.56 bits per heavy atom. The first-order valence-electron chi connectivity index (χ1n) is 7.68. The highest BCUT2D eigenvalue weighted by molar-refractivity contribution is 5.95. The van der Waals surface area contributed by atoms with E-state index in [4.69, 9.17) is 5.73 Å². The molecule has 3 N–H and O–H groups in total. The summed E-state index contributed by atoms with van der Waals surface area (Å²) in [5.41, 5.74) is 4.55. The third-order valence-corrected chi connectivity index (χ3v) is 3.50. The van der Waals surface area contributed by atoms with Crippen LogP contribution in [0.25, 0.3) is 11.7 Å². The zero-order valence-electron chi connectivity index (χ0n) is 14.6. The van der Waals surface area contributed by atoms with Crippen LogP contribution in [-0.4, -0.2) is 50.1 Å². The number of aromatic hydroxyl groups is 1. The van der Waals surface area contributed by atoms with Crippen molar-refractivity contribution in [3.63, 3.8) is 0 Å². The van der Waals surface area contributed by atoms with E-state index in [0.717, 1.165) is 4.52 Å². The number of nitrogens with two attached hydrogens (primary N) is 1. The van der Waals surface area contributed by atoms with Crippen LogP contribution in [0.15, 0.2) is 16.9 Å². The first-order valence-corrected chi connectivity index (χ1v) is 7.68. The van der Waals surface area contributed by atoms with Gasteiger partial charge >= 0.3 is 0 Å². The molecule has 2 aromatic rings. The summed E-state index contributed by atoms with van der Waals surface area (Å²) in [5.74, 6) is -1.63. The van der Waals surface area contributed by atoms with Gasteiger partial charge in [-0.2, -0.15) is 9.61 Å². The molecule has 0 aromatic carbocycles. The van der Waals surface area contributed by atoms with Gasteiger partial charge in [-0.15, -0.1) is 0 Å². The fourth-order valence-electron chi connectivity index (χ4n) is 2.32. The van der Waals surface area contributed by atoms with Gasteiger partial charge in [-0.1, -0.05) is 13.8 Å². The van der Waals surface area contributed by atoms with E-state index in [1.807, 2.05) is 13.8 Å². The van der Waals surface area contributed by atoms with Gasteiger partial charge in [-0.25, -0.2) is 0 Å². The zero-order valence-corrected chi connectivity index (χ0v) is 14.6. The molecule has 0 spiro atoms. The van der Waals surface area contributed by atoms with Crippen LogP contribution < -0.4 is 11.3 Å². The topological polar surface area (TPSA) is 123 Å². The number of fused-ring (bicyclic) bond motifs is 1. The Morgan fingerprint density at radius 1 is 1.40 bits per heavy atom. The van der Waals surface area contributed by atoms with E-state index >= 15 is 0 Å². The minimum Gasteiger partial charge on any atom is -0.494 e. The number of amides is 2. The predicted octanol–water partition coefficient (Wildman–Crippen LogP) is 0.0579. The fourth-order valence-corrected chi connectivity index (χ4v) is 2.32. The standard InChI is InChI=1S/C16H21N5O4/c1-9(2)8-20-11-7-10(5-6-12(22)19(3)4)18-21(11)16(25)13(14(17)23)15(20)24/h5-7,9,24H,8H2,1-4H3,(H2,17,23). The second-order valence-corrected chi connectivity index (χ2v) is 6.28. The zero-order chi connectivity index (χ0) is 18.9. The van der Waals surface area contributed by atoms with Crippen molar-refractivity contribution < 1.29 is 14.7 Å². The highest BCUT2D eigenvalue weighted by Gasteiger charge is 2.22. The molecule has 2 rings (SSSR count). The van der Waals surface area contributed by atoms with Crippen molar-refractivity contribution in [1.29, 1.82) is 0 Å². The van der Waals surface area contributed by atoms with Crippen LogP contribution in [-0.2, 0) is 11.3 Å². The van der Waals surface area contributed by atoms with Gasteiger partial charge in [0.15, 0.2) is 5.56 Å². The molecule has 0 radical (unpaired) electrons. The second-order valence-electron chi connectivity index (χ2n) is 6.28. The van der Waals surface area contributed by atoms with Crippen LogP contribution >= 0.6 is 0 Å². The van der Waals surface area contributed by atoms with Crippen molar-refractivity contribution in [3.05, 3.63) is 33.8 Å². The maximum atomic E-state index is 12.4. The third-order valence-electron chi connectivity index (χ3n) is 3.50. The summed E-state index contributed by atoms with van der Waals surface area (Å²) in [5, 5.41) is 14.4. The number of primary amides is 1. The van der Waals surface area contributed by atoms with Crippen molar-refractivity contribution in [2.75, 3.05) is 14.1 Å². The molecule has 0 saturated carbocycles. The number of rotatable bonds is 5. The molecule has 0 atom stereocenters. The van der Waals surface area contributed by atoms with Gasteiger partial charge in [-0.05, 0) is 12.0 Å². The average Bonchev–Trinajstić information content (AvgIpc) is 2.93. The minimum absolute atomic E-state index is 0.127. The molecule has 9 nitrogen and oxygen atoms in total. The normalized spacial score (nSPS) is 11.6. The molecule has 2 heterocycles. The molecule has 0 aliphatic carbocycles. The molecule has 0 aliphatic rings. The first-order chi connectivity index (χ1) is 11.6. The molecule has 0 unspecified atom stereocenters. The summed E-state index contributed by atoms with van der Waals surface area (Å²) >= 11 is 0. The van der Waals surface area contributed by atoms with Gasteiger partial charge in [0, 0.05) is 32.8 Å². The van der Waals surface area contributed by atoms with E-state index in [1.165, 1.54) is 21.6 Å². The quantitative estimate of drug-likeness (QED) is 0.740. The Hall–Kier alpha value is -3.10. The number of hydrogen-bond acceptors (Lipinski definition) is 5. The van der Waals surface area contributed by atoms with Crippen molar-refractivity contribution >= 4 is 23.5 Å². The van der Waals surface area contributed by atoms with E-state index < -0.39 is 22.9 Å².